The van der Waals surface area contributed by atoms with Gasteiger partial charge in [-0.2, -0.15) is 10.3 Å². The third-order valence-electron chi connectivity index (χ3n) is 3.94. The van der Waals surface area contributed by atoms with Crippen molar-refractivity contribution in [1.29, 1.82) is 0 Å². The van der Waals surface area contributed by atoms with E-state index in [2.05, 4.69) is 27.7 Å². The first kappa shape index (κ1) is 18.2. The molecule has 0 bridgehead atoms. The van der Waals surface area contributed by atoms with E-state index in [4.69, 9.17) is 0 Å². The van der Waals surface area contributed by atoms with Crippen LogP contribution in [0.3, 0.4) is 0 Å². The lowest BCUT2D eigenvalue weighted by Gasteiger charge is -2.02. The lowest BCUT2D eigenvalue weighted by Crippen LogP contribution is -2.29. The minimum absolute atomic E-state index is 0.151. The fourth-order valence-corrected chi connectivity index (χ4v) is 2.35. The zero-order valence-electron chi connectivity index (χ0n) is 14.6. The molecule has 27 heavy (non-hydrogen) atoms. The van der Waals surface area contributed by atoms with Crippen molar-refractivity contribution in [3.63, 3.8) is 0 Å². The van der Waals surface area contributed by atoms with E-state index in [-0.39, 0.29) is 18.1 Å². The van der Waals surface area contributed by atoms with E-state index in [1.165, 1.54) is 23.9 Å². The van der Waals surface area contributed by atoms with Crippen LogP contribution in [0.4, 0.5) is 4.39 Å². The molecule has 0 saturated carbocycles. The van der Waals surface area contributed by atoms with Crippen LogP contribution in [0.2, 0.25) is 0 Å². The van der Waals surface area contributed by atoms with Gasteiger partial charge in [0, 0.05) is 6.54 Å². The van der Waals surface area contributed by atoms with E-state index in [9.17, 15) is 14.0 Å². The van der Waals surface area contributed by atoms with Gasteiger partial charge in [-0.05, 0) is 35.2 Å². The lowest BCUT2D eigenvalue weighted by molar-refractivity contribution is 0.0944. The number of H-pyrrole nitrogens is 1. The third-order valence-corrected chi connectivity index (χ3v) is 3.94. The van der Waals surface area contributed by atoms with Crippen molar-refractivity contribution in [2.45, 2.75) is 19.9 Å². The predicted molar refractivity (Wildman–Crippen MR) is 99.2 cm³/mol. The van der Waals surface area contributed by atoms with E-state index >= 15 is 0 Å². The molecule has 1 heterocycles. The van der Waals surface area contributed by atoms with Crippen LogP contribution in [0.5, 0.6) is 0 Å². The number of aromatic amines is 1. The number of nitrogens with zero attached hydrogens (tertiary/aromatic N) is 3. The second-order valence-electron chi connectivity index (χ2n) is 5.83. The van der Waals surface area contributed by atoms with E-state index in [0.717, 1.165) is 16.8 Å². The number of hydrogen-bond donors (Lipinski definition) is 2. The molecule has 1 amide bonds. The molecule has 1 aromatic heterocycles. The molecule has 0 fully saturated rings. The molecule has 0 radical (unpaired) electrons. The Balaban J connectivity index is 1.66. The van der Waals surface area contributed by atoms with Gasteiger partial charge in [-0.15, -0.1) is 9.89 Å². The highest BCUT2D eigenvalue weighted by atomic mass is 19.1. The van der Waals surface area contributed by atoms with Crippen molar-refractivity contribution in [1.82, 2.24) is 20.4 Å². The fraction of sp³-hybridized carbons (Fsp3) is 0.158. The van der Waals surface area contributed by atoms with Crippen LogP contribution in [-0.2, 0) is 13.0 Å². The molecule has 0 aliphatic carbocycles. The zero-order valence-corrected chi connectivity index (χ0v) is 14.6. The zero-order chi connectivity index (χ0) is 19.2. The maximum Gasteiger partial charge on any atom is 0.320 e. The predicted octanol–water partition coefficient (Wildman–Crippen LogP) is 2.09. The van der Waals surface area contributed by atoms with Crippen molar-refractivity contribution in [3.05, 3.63) is 87.1 Å². The van der Waals surface area contributed by atoms with Crippen LogP contribution >= 0.6 is 0 Å². The first-order valence-corrected chi connectivity index (χ1v) is 8.40. The highest BCUT2D eigenvalue weighted by Crippen LogP contribution is 2.03. The van der Waals surface area contributed by atoms with Gasteiger partial charge in [-0.25, -0.2) is 4.39 Å². The smallest absolute Gasteiger partial charge is 0.320 e. The number of nitrogens with one attached hydrogen (secondary N) is 2. The summed E-state index contributed by atoms with van der Waals surface area (Å²) in [6.45, 7) is 2.22. The van der Waals surface area contributed by atoms with Gasteiger partial charge < -0.3 is 5.32 Å². The number of aromatic nitrogens is 3. The third kappa shape index (κ3) is 4.55. The molecule has 0 unspecified atom stereocenters. The second-order valence-corrected chi connectivity index (χ2v) is 5.83. The van der Waals surface area contributed by atoms with Crippen LogP contribution in [0.1, 0.15) is 34.1 Å². The number of benzene rings is 2. The highest BCUT2D eigenvalue weighted by molar-refractivity contribution is 5.91. The monoisotopic (exact) mass is 367 g/mol. The van der Waals surface area contributed by atoms with Crippen molar-refractivity contribution in [2.75, 3.05) is 0 Å². The molecule has 0 aliphatic heterocycles. The van der Waals surface area contributed by atoms with Crippen molar-refractivity contribution < 1.29 is 9.18 Å². The average Bonchev–Trinajstić information content (AvgIpc) is 3.06. The quantitative estimate of drug-likeness (QED) is 0.654. The summed E-state index contributed by atoms with van der Waals surface area (Å²) in [5, 5.41) is 12.7. The summed E-state index contributed by atoms with van der Waals surface area (Å²) in [4.78, 5) is 25.3. The number of amides is 1. The molecule has 7 nitrogen and oxygen atoms in total. The molecule has 2 N–H and O–H groups in total. The Kier molecular flexibility index (Phi) is 5.55. The maximum absolute atomic E-state index is 12.9. The van der Waals surface area contributed by atoms with E-state index < -0.39 is 11.5 Å². The van der Waals surface area contributed by atoms with Gasteiger partial charge in [0.05, 0.1) is 6.21 Å². The Morgan fingerprint density at radius 3 is 2.52 bits per heavy atom. The second kappa shape index (κ2) is 8.22. The van der Waals surface area contributed by atoms with E-state index in [0.29, 0.717) is 5.56 Å². The molecule has 2 aromatic carbocycles. The molecule has 8 heteroatoms. The molecule has 138 valence electrons. The van der Waals surface area contributed by atoms with Crippen LogP contribution in [0.25, 0.3) is 0 Å². The minimum atomic E-state index is -0.659. The maximum atomic E-state index is 12.9. The minimum Gasteiger partial charge on any atom is -0.346 e. The Labute approximate surface area is 154 Å². The largest absolute Gasteiger partial charge is 0.346 e. The van der Waals surface area contributed by atoms with Crippen LogP contribution in [0, 0.1) is 5.82 Å². The Morgan fingerprint density at radius 1 is 1.19 bits per heavy atom. The summed E-state index contributed by atoms with van der Waals surface area (Å²) in [6, 6.07) is 13.4. The SMILES string of the molecule is CCc1ccc(C=Nn2[nH]nc(C(=O)NCc3ccc(F)cc3)c2=O)cc1. The van der Waals surface area contributed by atoms with Crippen LogP contribution in [0.15, 0.2) is 58.4 Å². The van der Waals surface area contributed by atoms with Gasteiger partial charge in [0.25, 0.3) is 5.91 Å². The van der Waals surface area contributed by atoms with Gasteiger partial charge in [0.15, 0.2) is 0 Å². The summed E-state index contributed by atoms with van der Waals surface area (Å²) in [6.07, 6.45) is 2.44. The van der Waals surface area contributed by atoms with Crippen LogP contribution in [-0.4, -0.2) is 27.2 Å². The molecular weight excluding hydrogens is 349 g/mol. The van der Waals surface area contributed by atoms with Gasteiger partial charge >= 0.3 is 5.56 Å². The summed E-state index contributed by atoms with van der Waals surface area (Å²) in [7, 11) is 0. The van der Waals surface area contributed by atoms with Gasteiger partial charge in [0.1, 0.15) is 5.82 Å². The Hall–Kier alpha value is -3.55. The topological polar surface area (TPSA) is 92.1 Å². The molecule has 3 rings (SSSR count). The van der Waals surface area contributed by atoms with Crippen molar-refractivity contribution in [3.8, 4) is 0 Å². The van der Waals surface area contributed by atoms with E-state index in [1.54, 1.807) is 12.1 Å². The number of rotatable bonds is 6. The number of hydrogen-bond acceptors (Lipinski definition) is 4. The molecule has 0 spiro atoms. The number of halogens is 1. The molecule has 0 atom stereocenters. The van der Waals surface area contributed by atoms with Crippen molar-refractivity contribution >= 4 is 12.1 Å². The molecule has 0 aliphatic rings. The number of carbonyl (C=O) groups excluding carboxylic acids is 1. The normalized spacial score (nSPS) is 11.0. The Morgan fingerprint density at radius 2 is 1.85 bits per heavy atom. The first-order chi connectivity index (χ1) is 13.1. The van der Waals surface area contributed by atoms with Gasteiger partial charge in [-0.1, -0.05) is 43.3 Å². The summed E-state index contributed by atoms with van der Waals surface area (Å²) in [5.74, 6) is -0.996. The van der Waals surface area contributed by atoms with Crippen molar-refractivity contribution in [2.24, 2.45) is 5.10 Å². The first-order valence-electron chi connectivity index (χ1n) is 8.40. The summed E-state index contributed by atoms with van der Waals surface area (Å²) in [5.41, 5.74) is 1.76. The summed E-state index contributed by atoms with van der Waals surface area (Å²) >= 11 is 0. The Bertz CT molecular complexity index is 1000. The number of carbonyl (C=O) groups is 1. The lowest BCUT2D eigenvalue weighted by atomic mass is 10.1. The van der Waals surface area contributed by atoms with Gasteiger partial charge in [-0.3, -0.25) is 9.59 Å². The highest BCUT2D eigenvalue weighted by Gasteiger charge is 2.16. The summed E-state index contributed by atoms with van der Waals surface area (Å²) < 4.78 is 12.9. The molecule has 3 aromatic rings. The number of aryl methyl sites for hydroxylation is 1. The average molecular weight is 367 g/mol. The van der Waals surface area contributed by atoms with E-state index in [1.807, 2.05) is 24.3 Å². The van der Waals surface area contributed by atoms with Crippen LogP contribution < -0.4 is 10.9 Å². The molecule has 0 saturated heterocycles. The fourth-order valence-electron chi connectivity index (χ4n) is 2.35. The standard InChI is InChI=1S/C19H18FN5O2/c1-2-13-3-5-15(6-4-13)12-22-25-19(27)17(23-24-25)18(26)21-11-14-7-9-16(20)10-8-14/h3-10,12,24H,2,11H2,1H3,(H,21,26). The molecular formula is C19H18FN5O2. The van der Waals surface area contributed by atoms with Gasteiger partial charge in [0.2, 0.25) is 5.69 Å².